The van der Waals surface area contributed by atoms with Gasteiger partial charge in [-0.15, -0.1) is 0 Å². The lowest BCUT2D eigenvalue weighted by molar-refractivity contribution is 0.0558. The van der Waals surface area contributed by atoms with Crippen molar-refractivity contribution in [1.82, 2.24) is 5.32 Å². The van der Waals surface area contributed by atoms with Gasteiger partial charge in [0.15, 0.2) is 0 Å². The number of benzene rings is 1. The van der Waals surface area contributed by atoms with Crippen molar-refractivity contribution < 1.29 is 19.0 Å². The number of fused-ring (bicyclic) bond motifs is 1. The summed E-state index contributed by atoms with van der Waals surface area (Å²) in [6.07, 6.45) is 5.88. The molecule has 3 rings (SSSR count). The average molecular weight is 289 g/mol. The van der Waals surface area contributed by atoms with E-state index < -0.39 is 5.97 Å². The SMILES string of the molecule is COC(=O)c1c(OC)ccc2c1OC1(C=C2)CCNCC1. The van der Waals surface area contributed by atoms with Crippen LogP contribution >= 0.6 is 0 Å². The van der Waals surface area contributed by atoms with Gasteiger partial charge in [0, 0.05) is 18.4 Å². The van der Waals surface area contributed by atoms with E-state index in [9.17, 15) is 4.79 Å². The number of rotatable bonds is 2. The molecule has 5 nitrogen and oxygen atoms in total. The molecule has 2 aliphatic heterocycles. The maximum atomic E-state index is 12.1. The van der Waals surface area contributed by atoms with Gasteiger partial charge in [-0.05, 0) is 31.3 Å². The van der Waals surface area contributed by atoms with Crippen LogP contribution in [0.25, 0.3) is 6.08 Å². The van der Waals surface area contributed by atoms with Crippen molar-refractivity contribution in [3.05, 3.63) is 29.3 Å². The number of nitrogens with one attached hydrogen (secondary N) is 1. The van der Waals surface area contributed by atoms with Crippen LogP contribution in [0.2, 0.25) is 0 Å². The molecule has 1 spiro atoms. The highest BCUT2D eigenvalue weighted by molar-refractivity contribution is 5.97. The first kappa shape index (κ1) is 13.9. The second kappa shape index (κ2) is 5.41. The topological polar surface area (TPSA) is 56.8 Å². The molecule has 0 bridgehead atoms. The number of carbonyl (C=O) groups excluding carboxylic acids is 1. The van der Waals surface area contributed by atoms with Gasteiger partial charge in [-0.1, -0.05) is 6.08 Å². The molecular weight excluding hydrogens is 270 g/mol. The van der Waals surface area contributed by atoms with Crippen LogP contribution in [-0.4, -0.2) is 38.9 Å². The summed E-state index contributed by atoms with van der Waals surface area (Å²) in [7, 11) is 2.90. The van der Waals surface area contributed by atoms with E-state index in [2.05, 4.69) is 11.4 Å². The van der Waals surface area contributed by atoms with Crippen molar-refractivity contribution in [2.45, 2.75) is 18.4 Å². The third-order valence-corrected chi connectivity index (χ3v) is 4.08. The van der Waals surface area contributed by atoms with Gasteiger partial charge < -0.3 is 19.5 Å². The maximum absolute atomic E-state index is 12.1. The summed E-state index contributed by atoms with van der Waals surface area (Å²) in [6, 6.07) is 3.66. The highest BCUT2D eigenvalue weighted by atomic mass is 16.5. The van der Waals surface area contributed by atoms with Gasteiger partial charge in [0.25, 0.3) is 0 Å². The van der Waals surface area contributed by atoms with Gasteiger partial charge in [0.1, 0.15) is 22.7 Å². The van der Waals surface area contributed by atoms with Crippen LogP contribution in [0.1, 0.15) is 28.8 Å². The fourth-order valence-electron chi connectivity index (χ4n) is 2.88. The molecule has 21 heavy (non-hydrogen) atoms. The molecule has 0 atom stereocenters. The first-order chi connectivity index (χ1) is 10.2. The van der Waals surface area contributed by atoms with E-state index in [1.54, 1.807) is 6.07 Å². The zero-order valence-corrected chi connectivity index (χ0v) is 12.3. The highest BCUT2D eigenvalue weighted by Crippen LogP contribution is 2.41. The van der Waals surface area contributed by atoms with Gasteiger partial charge in [0.05, 0.1) is 14.2 Å². The lowest BCUT2D eigenvalue weighted by Gasteiger charge is -2.38. The molecule has 1 aromatic rings. The van der Waals surface area contributed by atoms with Gasteiger partial charge in [-0.2, -0.15) is 0 Å². The minimum atomic E-state index is -0.442. The Bertz CT molecular complexity index is 588. The predicted molar refractivity (Wildman–Crippen MR) is 78.8 cm³/mol. The molecule has 0 unspecified atom stereocenters. The molecule has 1 saturated heterocycles. The Labute approximate surface area is 123 Å². The molecular formula is C16H19NO4. The summed E-state index contributed by atoms with van der Waals surface area (Å²) in [5, 5.41) is 3.32. The molecule has 0 radical (unpaired) electrons. The first-order valence-corrected chi connectivity index (χ1v) is 7.07. The van der Waals surface area contributed by atoms with Crippen molar-refractivity contribution >= 4 is 12.0 Å². The van der Waals surface area contributed by atoms with Gasteiger partial charge in [-0.25, -0.2) is 4.79 Å². The molecule has 1 N–H and O–H groups in total. The lowest BCUT2D eigenvalue weighted by atomic mass is 9.88. The zero-order chi connectivity index (χ0) is 14.9. The maximum Gasteiger partial charge on any atom is 0.345 e. The Kier molecular flexibility index (Phi) is 3.59. The van der Waals surface area contributed by atoms with E-state index in [0.717, 1.165) is 31.5 Å². The number of carbonyl (C=O) groups is 1. The van der Waals surface area contributed by atoms with Crippen LogP contribution in [0.5, 0.6) is 11.5 Å². The van der Waals surface area contributed by atoms with Crippen LogP contribution in [0, 0.1) is 0 Å². The molecule has 0 amide bonds. The Morgan fingerprint density at radius 1 is 1.29 bits per heavy atom. The number of piperidine rings is 1. The largest absolute Gasteiger partial charge is 0.496 e. The molecule has 112 valence electrons. The normalized spacial score (nSPS) is 18.8. The van der Waals surface area contributed by atoms with Crippen molar-refractivity contribution in [3.63, 3.8) is 0 Å². The number of ether oxygens (including phenoxy) is 3. The smallest absolute Gasteiger partial charge is 0.345 e. The van der Waals surface area contributed by atoms with Crippen molar-refractivity contribution in [1.29, 1.82) is 0 Å². The number of methoxy groups -OCH3 is 2. The standard InChI is InChI=1S/C16H19NO4/c1-19-12-4-3-11-5-6-16(7-9-17-10-8-16)21-14(11)13(12)15(18)20-2/h3-6,17H,7-10H2,1-2H3. The molecule has 2 heterocycles. The Hall–Kier alpha value is -2.01. The number of hydrogen-bond acceptors (Lipinski definition) is 5. The average Bonchev–Trinajstić information content (AvgIpc) is 2.53. The van der Waals surface area contributed by atoms with Gasteiger partial charge in [-0.3, -0.25) is 0 Å². The summed E-state index contributed by atoms with van der Waals surface area (Å²) in [6.45, 7) is 1.80. The molecule has 2 aliphatic rings. The number of esters is 1. The van der Waals surface area contributed by atoms with Gasteiger partial charge in [0.2, 0.25) is 0 Å². The van der Waals surface area contributed by atoms with Crippen LogP contribution in [0.3, 0.4) is 0 Å². The van der Waals surface area contributed by atoms with E-state index in [4.69, 9.17) is 14.2 Å². The molecule has 1 fully saturated rings. The minimum absolute atomic E-state index is 0.340. The number of hydrogen-bond donors (Lipinski definition) is 1. The molecule has 0 saturated carbocycles. The zero-order valence-electron chi connectivity index (χ0n) is 12.3. The third kappa shape index (κ3) is 2.38. The lowest BCUT2D eigenvalue weighted by Crippen LogP contribution is -2.46. The van der Waals surface area contributed by atoms with Crippen molar-refractivity contribution in [3.8, 4) is 11.5 Å². The quantitative estimate of drug-likeness (QED) is 0.844. The summed E-state index contributed by atoms with van der Waals surface area (Å²) < 4.78 is 16.4. The van der Waals surface area contributed by atoms with Crippen LogP contribution in [0.4, 0.5) is 0 Å². The van der Waals surface area contributed by atoms with E-state index >= 15 is 0 Å². The summed E-state index contributed by atoms with van der Waals surface area (Å²) in [4.78, 5) is 12.1. The second-order valence-electron chi connectivity index (χ2n) is 5.30. The Morgan fingerprint density at radius 3 is 2.71 bits per heavy atom. The second-order valence-corrected chi connectivity index (χ2v) is 5.30. The summed E-state index contributed by atoms with van der Waals surface area (Å²) in [5.41, 5.74) is 0.896. The molecule has 0 aliphatic carbocycles. The van der Waals surface area contributed by atoms with Crippen LogP contribution < -0.4 is 14.8 Å². The monoisotopic (exact) mass is 289 g/mol. The van der Waals surface area contributed by atoms with Crippen LogP contribution in [-0.2, 0) is 4.74 Å². The minimum Gasteiger partial charge on any atom is -0.496 e. The van der Waals surface area contributed by atoms with Crippen molar-refractivity contribution in [2.24, 2.45) is 0 Å². The highest BCUT2D eigenvalue weighted by Gasteiger charge is 2.37. The summed E-state index contributed by atoms with van der Waals surface area (Å²) in [5.74, 6) is 0.591. The Balaban J connectivity index is 2.07. The van der Waals surface area contributed by atoms with E-state index in [0.29, 0.717) is 17.1 Å². The molecule has 0 aromatic heterocycles. The predicted octanol–water partition coefficient (Wildman–Crippen LogP) is 2.01. The summed E-state index contributed by atoms with van der Waals surface area (Å²) >= 11 is 0. The van der Waals surface area contributed by atoms with Gasteiger partial charge >= 0.3 is 5.97 Å². The fourth-order valence-corrected chi connectivity index (χ4v) is 2.88. The van der Waals surface area contributed by atoms with E-state index in [1.165, 1.54) is 14.2 Å². The van der Waals surface area contributed by atoms with Crippen LogP contribution in [0.15, 0.2) is 18.2 Å². The first-order valence-electron chi connectivity index (χ1n) is 7.07. The molecule has 5 heteroatoms. The molecule has 1 aromatic carbocycles. The van der Waals surface area contributed by atoms with Crippen molar-refractivity contribution in [2.75, 3.05) is 27.3 Å². The fraction of sp³-hybridized carbons (Fsp3) is 0.438. The Morgan fingerprint density at radius 2 is 2.05 bits per heavy atom. The third-order valence-electron chi connectivity index (χ3n) is 4.08. The van der Waals surface area contributed by atoms with E-state index in [1.807, 2.05) is 12.1 Å². The van der Waals surface area contributed by atoms with E-state index in [-0.39, 0.29) is 5.60 Å².